The van der Waals surface area contributed by atoms with Gasteiger partial charge in [-0.05, 0) is 12.8 Å². The molecule has 3 heteroatoms. The molecule has 90 valence electrons. The van der Waals surface area contributed by atoms with Crippen LogP contribution in [0.2, 0.25) is 0 Å². The molecule has 16 heavy (non-hydrogen) atoms. The lowest BCUT2D eigenvalue weighted by Crippen LogP contribution is -2.41. The molecule has 0 aromatic heterocycles. The minimum atomic E-state index is -0.0793. The van der Waals surface area contributed by atoms with Crippen LogP contribution < -0.4 is 5.32 Å². The van der Waals surface area contributed by atoms with Crippen LogP contribution >= 0.6 is 0 Å². The highest BCUT2D eigenvalue weighted by molar-refractivity contribution is 5.76. The molecule has 1 saturated carbocycles. The summed E-state index contributed by atoms with van der Waals surface area (Å²) in [5, 5.41) is 12.3. The Balaban J connectivity index is 2.33. The maximum Gasteiger partial charge on any atom is 0.220 e. The monoisotopic (exact) mass is 223 g/mol. The Hall–Kier alpha value is -1.01. The Kier molecular flexibility index (Phi) is 5.34. The third-order valence-corrected chi connectivity index (χ3v) is 3.41. The number of hydrogen-bond donors (Lipinski definition) is 2. The average molecular weight is 223 g/mol. The van der Waals surface area contributed by atoms with Crippen LogP contribution in [0.25, 0.3) is 0 Å². The van der Waals surface area contributed by atoms with Crippen LogP contribution in [0.15, 0.2) is 0 Å². The molecule has 1 fully saturated rings. The van der Waals surface area contributed by atoms with Gasteiger partial charge in [-0.1, -0.05) is 19.3 Å². The molecule has 1 rings (SSSR count). The van der Waals surface area contributed by atoms with E-state index in [9.17, 15) is 9.90 Å². The Morgan fingerprint density at radius 1 is 1.38 bits per heavy atom. The second-order valence-corrected chi connectivity index (χ2v) is 4.70. The fourth-order valence-corrected chi connectivity index (χ4v) is 2.25. The quantitative estimate of drug-likeness (QED) is 0.693. The summed E-state index contributed by atoms with van der Waals surface area (Å²) in [5.41, 5.74) is -0.0793. The van der Waals surface area contributed by atoms with Crippen molar-refractivity contribution in [1.82, 2.24) is 5.32 Å². The lowest BCUT2D eigenvalue weighted by molar-refractivity contribution is -0.121. The van der Waals surface area contributed by atoms with Gasteiger partial charge < -0.3 is 10.4 Å². The summed E-state index contributed by atoms with van der Waals surface area (Å²) in [7, 11) is 0. The van der Waals surface area contributed by atoms with Crippen molar-refractivity contribution in [2.24, 2.45) is 5.41 Å². The number of amides is 1. The number of rotatable bonds is 5. The van der Waals surface area contributed by atoms with Gasteiger partial charge in [-0.2, -0.15) is 0 Å². The van der Waals surface area contributed by atoms with E-state index in [0.717, 1.165) is 25.7 Å². The van der Waals surface area contributed by atoms with E-state index in [0.29, 0.717) is 19.4 Å². The fourth-order valence-electron chi connectivity index (χ4n) is 2.25. The summed E-state index contributed by atoms with van der Waals surface area (Å²) in [6.45, 7) is 0.759. The van der Waals surface area contributed by atoms with Gasteiger partial charge in [0.15, 0.2) is 0 Å². The lowest BCUT2D eigenvalue weighted by Gasteiger charge is -2.35. The molecular formula is C13H21NO2. The molecule has 0 saturated heterocycles. The topological polar surface area (TPSA) is 49.3 Å². The van der Waals surface area contributed by atoms with Gasteiger partial charge in [-0.3, -0.25) is 4.79 Å². The van der Waals surface area contributed by atoms with Gasteiger partial charge in [0.05, 0.1) is 6.61 Å². The summed E-state index contributed by atoms with van der Waals surface area (Å²) >= 11 is 0. The minimum Gasteiger partial charge on any atom is -0.396 e. The maximum absolute atomic E-state index is 11.4. The maximum atomic E-state index is 11.4. The van der Waals surface area contributed by atoms with Crippen LogP contribution in [0.3, 0.4) is 0 Å². The molecule has 3 nitrogen and oxygen atoms in total. The van der Waals surface area contributed by atoms with E-state index in [4.69, 9.17) is 6.42 Å². The minimum absolute atomic E-state index is 0.00338. The number of carbonyl (C=O) groups is 1. The highest BCUT2D eigenvalue weighted by atomic mass is 16.3. The molecule has 0 aliphatic heterocycles. The van der Waals surface area contributed by atoms with Gasteiger partial charge in [-0.15, -0.1) is 12.3 Å². The van der Waals surface area contributed by atoms with Crippen LogP contribution in [0, 0.1) is 17.8 Å². The number of hydrogen-bond acceptors (Lipinski definition) is 2. The van der Waals surface area contributed by atoms with Crippen molar-refractivity contribution < 1.29 is 9.90 Å². The zero-order valence-electron chi connectivity index (χ0n) is 9.80. The number of terminal acetylenes is 1. The van der Waals surface area contributed by atoms with Crippen LogP contribution in [-0.4, -0.2) is 24.2 Å². The van der Waals surface area contributed by atoms with E-state index < -0.39 is 0 Å². The molecular weight excluding hydrogens is 202 g/mol. The van der Waals surface area contributed by atoms with Crippen molar-refractivity contribution in [1.29, 1.82) is 0 Å². The Bertz CT molecular complexity index is 262. The summed E-state index contributed by atoms with van der Waals surface area (Å²) in [4.78, 5) is 11.4. The van der Waals surface area contributed by atoms with Crippen molar-refractivity contribution in [3.63, 3.8) is 0 Å². The largest absolute Gasteiger partial charge is 0.396 e. The number of nitrogens with one attached hydrogen (secondary N) is 1. The molecule has 0 aromatic rings. The lowest BCUT2D eigenvalue weighted by atomic mass is 9.74. The first-order chi connectivity index (χ1) is 7.72. The first-order valence-corrected chi connectivity index (χ1v) is 6.03. The summed E-state index contributed by atoms with van der Waals surface area (Å²) < 4.78 is 0. The van der Waals surface area contributed by atoms with Crippen LogP contribution in [0.1, 0.15) is 44.9 Å². The Morgan fingerprint density at radius 3 is 2.62 bits per heavy atom. The molecule has 1 amide bonds. The zero-order valence-corrected chi connectivity index (χ0v) is 9.80. The predicted molar refractivity (Wildman–Crippen MR) is 63.7 cm³/mol. The van der Waals surface area contributed by atoms with Gasteiger partial charge in [0, 0.05) is 24.8 Å². The van der Waals surface area contributed by atoms with Crippen molar-refractivity contribution in [3.8, 4) is 12.3 Å². The van der Waals surface area contributed by atoms with E-state index in [1.54, 1.807) is 0 Å². The second-order valence-electron chi connectivity index (χ2n) is 4.70. The second kappa shape index (κ2) is 6.55. The molecule has 0 unspecified atom stereocenters. The molecule has 0 heterocycles. The van der Waals surface area contributed by atoms with E-state index in [2.05, 4.69) is 11.2 Å². The van der Waals surface area contributed by atoms with Gasteiger partial charge in [0.25, 0.3) is 0 Å². The number of aliphatic hydroxyl groups excluding tert-OH is 1. The van der Waals surface area contributed by atoms with Gasteiger partial charge >= 0.3 is 0 Å². The van der Waals surface area contributed by atoms with E-state index >= 15 is 0 Å². The van der Waals surface area contributed by atoms with Crippen LogP contribution in [0.4, 0.5) is 0 Å². The molecule has 1 aliphatic carbocycles. The van der Waals surface area contributed by atoms with Crippen molar-refractivity contribution in [2.45, 2.75) is 44.9 Å². The summed E-state index contributed by atoms with van der Waals surface area (Å²) in [6, 6.07) is 0. The highest BCUT2D eigenvalue weighted by Crippen LogP contribution is 2.35. The Labute approximate surface area is 97.6 Å². The molecule has 0 spiro atoms. The van der Waals surface area contributed by atoms with Crippen LogP contribution in [-0.2, 0) is 4.79 Å². The summed E-state index contributed by atoms with van der Waals surface area (Å²) in [6.07, 6.45) is 11.5. The third-order valence-electron chi connectivity index (χ3n) is 3.41. The summed E-state index contributed by atoms with van der Waals surface area (Å²) in [5.74, 6) is 2.45. The molecule has 1 aliphatic rings. The first-order valence-electron chi connectivity index (χ1n) is 6.03. The van der Waals surface area contributed by atoms with Crippen molar-refractivity contribution in [2.75, 3.05) is 13.2 Å². The zero-order chi connectivity index (χ0) is 11.9. The van der Waals surface area contributed by atoms with E-state index in [1.165, 1.54) is 6.42 Å². The van der Waals surface area contributed by atoms with Crippen LogP contribution in [0.5, 0.6) is 0 Å². The van der Waals surface area contributed by atoms with E-state index in [1.807, 2.05) is 0 Å². The molecule has 0 atom stereocenters. The molecule has 2 N–H and O–H groups in total. The third kappa shape index (κ3) is 3.86. The van der Waals surface area contributed by atoms with Gasteiger partial charge in [0.2, 0.25) is 5.91 Å². The van der Waals surface area contributed by atoms with Crippen molar-refractivity contribution in [3.05, 3.63) is 0 Å². The Morgan fingerprint density at radius 2 is 2.06 bits per heavy atom. The fraction of sp³-hybridized carbons (Fsp3) is 0.769. The standard InChI is InChI=1S/C13H21NO2/c1-2-3-7-12(16)14-10-13(11-15)8-5-4-6-9-13/h1,15H,3-11H2,(H,14,16). The normalized spacial score (nSPS) is 18.8. The molecule has 0 aromatic carbocycles. The smallest absolute Gasteiger partial charge is 0.220 e. The van der Waals surface area contributed by atoms with E-state index in [-0.39, 0.29) is 17.9 Å². The van der Waals surface area contributed by atoms with Gasteiger partial charge in [-0.25, -0.2) is 0 Å². The average Bonchev–Trinajstić information content (AvgIpc) is 2.35. The number of carbonyl (C=O) groups excluding carboxylic acids is 1. The molecule has 0 bridgehead atoms. The number of aliphatic hydroxyl groups is 1. The van der Waals surface area contributed by atoms with Gasteiger partial charge in [0.1, 0.15) is 0 Å². The predicted octanol–water partition coefficient (Wildman–Crippen LogP) is 1.46. The highest BCUT2D eigenvalue weighted by Gasteiger charge is 2.31. The first kappa shape index (κ1) is 13.1. The SMILES string of the molecule is C#CCCC(=O)NCC1(CO)CCCCC1. The van der Waals surface area contributed by atoms with Crippen molar-refractivity contribution >= 4 is 5.91 Å². The molecule has 0 radical (unpaired) electrons.